The number of carbonyl (C=O) groups excluding carboxylic acids is 2. The average Bonchev–Trinajstić information content (AvgIpc) is 3.08. The number of nitrogens with zero attached hydrogens (tertiary/aromatic N) is 4. The Morgan fingerprint density at radius 2 is 1.89 bits per heavy atom. The van der Waals surface area contributed by atoms with Gasteiger partial charge in [0.2, 0.25) is 5.91 Å². The zero-order valence-electron chi connectivity index (χ0n) is 15.6. The molecule has 0 N–H and O–H groups in total. The summed E-state index contributed by atoms with van der Waals surface area (Å²) >= 11 is 6.00. The molecule has 146 valence electrons. The first-order valence-corrected chi connectivity index (χ1v) is 9.97. The summed E-state index contributed by atoms with van der Waals surface area (Å²) < 4.78 is 0. The summed E-state index contributed by atoms with van der Waals surface area (Å²) in [5, 5.41) is 0.564. The molecule has 28 heavy (non-hydrogen) atoms. The predicted octanol–water partition coefficient (Wildman–Crippen LogP) is 2.29. The standard InChI is InChI=1S/C21H23ClN4O2/c22-17-5-3-4-16(14-17)20(27)25-12-10-24(11-13-25)19-7-9-26(21(19)28)15-18-6-1-2-8-23-18/h1-6,8,14,19H,7,9-13,15H2. The normalized spacial score (nSPS) is 20.6. The molecule has 0 bridgehead atoms. The molecule has 1 atom stereocenters. The quantitative estimate of drug-likeness (QED) is 0.793. The second-order valence-electron chi connectivity index (χ2n) is 7.22. The van der Waals surface area contributed by atoms with Crippen LogP contribution in [-0.2, 0) is 11.3 Å². The number of pyridine rings is 1. The molecule has 1 unspecified atom stereocenters. The molecule has 0 aliphatic carbocycles. The lowest BCUT2D eigenvalue weighted by Crippen LogP contribution is -2.53. The van der Waals surface area contributed by atoms with Crippen molar-refractivity contribution in [2.24, 2.45) is 0 Å². The fourth-order valence-electron chi connectivity index (χ4n) is 3.95. The Balaban J connectivity index is 1.33. The van der Waals surface area contributed by atoms with Crippen molar-refractivity contribution in [3.05, 3.63) is 64.9 Å². The van der Waals surface area contributed by atoms with Crippen molar-refractivity contribution >= 4 is 23.4 Å². The Hall–Kier alpha value is -2.44. The molecule has 2 amide bonds. The van der Waals surface area contributed by atoms with E-state index in [4.69, 9.17) is 11.6 Å². The van der Waals surface area contributed by atoms with E-state index in [1.165, 1.54) is 0 Å². The third-order valence-corrected chi connectivity index (χ3v) is 5.70. The molecule has 1 aromatic carbocycles. The number of carbonyl (C=O) groups is 2. The zero-order chi connectivity index (χ0) is 19.5. The Kier molecular flexibility index (Phi) is 5.59. The topological polar surface area (TPSA) is 56.8 Å². The lowest BCUT2D eigenvalue weighted by atomic mass is 10.1. The van der Waals surface area contributed by atoms with Gasteiger partial charge in [0.1, 0.15) is 0 Å². The smallest absolute Gasteiger partial charge is 0.253 e. The molecule has 0 saturated carbocycles. The zero-order valence-corrected chi connectivity index (χ0v) is 16.4. The lowest BCUT2D eigenvalue weighted by Gasteiger charge is -2.37. The maximum absolute atomic E-state index is 12.8. The first-order valence-electron chi connectivity index (χ1n) is 9.59. The minimum Gasteiger partial charge on any atom is -0.336 e. The van der Waals surface area contributed by atoms with E-state index in [9.17, 15) is 9.59 Å². The monoisotopic (exact) mass is 398 g/mol. The van der Waals surface area contributed by atoms with Crippen LogP contribution < -0.4 is 0 Å². The number of benzene rings is 1. The molecule has 2 aliphatic heterocycles. The summed E-state index contributed by atoms with van der Waals surface area (Å²) in [6.45, 7) is 3.97. The summed E-state index contributed by atoms with van der Waals surface area (Å²) in [4.78, 5) is 35.8. The molecule has 3 heterocycles. The summed E-state index contributed by atoms with van der Waals surface area (Å²) in [6, 6.07) is 12.7. The van der Waals surface area contributed by atoms with Gasteiger partial charge in [-0.25, -0.2) is 0 Å². The molecule has 4 rings (SSSR count). The molecular formula is C21H23ClN4O2. The third-order valence-electron chi connectivity index (χ3n) is 5.46. The van der Waals surface area contributed by atoms with E-state index >= 15 is 0 Å². The van der Waals surface area contributed by atoms with E-state index in [1.807, 2.05) is 28.0 Å². The largest absolute Gasteiger partial charge is 0.336 e. The summed E-state index contributed by atoms with van der Waals surface area (Å²) in [7, 11) is 0. The van der Waals surface area contributed by atoms with Crippen LogP contribution in [0.5, 0.6) is 0 Å². The van der Waals surface area contributed by atoms with Gasteiger partial charge in [0, 0.05) is 49.5 Å². The van der Waals surface area contributed by atoms with Crippen molar-refractivity contribution in [2.45, 2.75) is 19.0 Å². The van der Waals surface area contributed by atoms with Gasteiger partial charge in [0.05, 0.1) is 18.3 Å². The highest BCUT2D eigenvalue weighted by molar-refractivity contribution is 6.30. The Labute approximate surface area is 169 Å². The average molecular weight is 399 g/mol. The first kappa shape index (κ1) is 18.9. The molecule has 2 saturated heterocycles. The number of likely N-dealkylation sites (tertiary alicyclic amines) is 1. The summed E-state index contributed by atoms with van der Waals surface area (Å²) in [5.74, 6) is 0.164. The van der Waals surface area contributed by atoms with Gasteiger partial charge >= 0.3 is 0 Å². The predicted molar refractivity (Wildman–Crippen MR) is 107 cm³/mol. The number of hydrogen-bond donors (Lipinski definition) is 0. The van der Waals surface area contributed by atoms with Crippen molar-refractivity contribution in [1.82, 2.24) is 19.7 Å². The minimum atomic E-state index is -0.0906. The first-order chi connectivity index (χ1) is 13.6. The van der Waals surface area contributed by atoms with Gasteiger partial charge in [-0.3, -0.25) is 19.5 Å². The van der Waals surface area contributed by atoms with Gasteiger partial charge in [-0.15, -0.1) is 0 Å². The Bertz CT molecular complexity index is 852. The SMILES string of the molecule is O=C(c1cccc(Cl)c1)N1CCN(C2CCN(Cc3ccccn3)C2=O)CC1. The van der Waals surface area contributed by atoms with Crippen LogP contribution in [0.25, 0.3) is 0 Å². The molecule has 2 fully saturated rings. The van der Waals surface area contributed by atoms with Crippen LogP contribution in [0.3, 0.4) is 0 Å². The van der Waals surface area contributed by atoms with E-state index in [0.29, 0.717) is 43.3 Å². The third kappa shape index (κ3) is 4.03. The van der Waals surface area contributed by atoms with E-state index in [-0.39, 0.29) is 17.9 Å². The van der Waals surface area contributed by atoms with Crippen molar-refractivity contribution in [3.8, 4) is 0 Å². The van der Waals surface area contributed by atoms with Gasteiger partial charge in [-0.2, -0.15) is 0 Å². The second-order valence-corrected chi connectivity index (χ2v) is 7.66. The minimum absolute atomic E-state index is 0.00308. The molecular weight excluding hydrogens is 376 g/mol. The maximum atomic E-state index is 12.8. The van der Waals surface area contributed by atoms with Gasteiger partial charge in [-0.1, -0.05) is 23.7 Å². The van der Waals surface area contributed by atoms with Crippen LogP contribution in [-0.4, -0.2) is 70.3 Å². The molecule has 1 aromatic heterocycles. The van der Waals surface area contributed by atoms with Crippen LogP contribution >= 0.6 is 11.6 Å². The number of halogens is 1. The summed E-state index contributed by atoms with van der Waals surface area (Å²) in [5.41, 5.74) is 1.52. The molecule has 2 aromatic rings. The van der Waals surface area contributed by atoms with E-state index in [0.717, 1.165) is 18.7 Å². The number of piperazine rings is 1. The van der Waals surface area contributed by atoms with Crippen molar-refractivity contribution < 1.29 is 9.59 Å². The van der Waals surface area contributed by atoms with Crippen LogP contribution in [0.15, 0.2) is 48.7 Å². The number of rotatable bonds is 4. The highest BCUT2D eigenvalue weighted by atomic mass is 35.5. The van der Waals surface area contributed by atoms with E-state index in [2.05, 4.69) is 9.88 Å². The fourth-order valence-corrected chi connectivity index (χ4v) is 4.14. The molecule has 2 aliphatic rings. The van der Waals surface area contributed by atoms with E-state index < -0.39 is 0 Å². The number of aromatic nitrogens is 1. The fraction of sp³-hybridized carbons (Fsp3) is 0.381. The van der Waals surface area contributed by atoms with Crippen molar-refractivity contribution in [3.63, 3.8) is 0 Å². The van der Waals surface area contributed by atoms with Gasteiger partial charge < -0.3 is 9.80 Å². The van der Waals surface area contributed by atoms with Crippen LogP contribution in [0, 0.1) is 0 Å². The molecule has 0 radical (unpaired) electrons. The van der Waals surface area contributed by atoms with Crippen molar-refractivity contribution in [2.75, 3.05) is 32.7 Å². The second kappa shape index (κ2) is 8.29. The van der Waals surface area contributed by atoms with Gasteiger partial charge in [0.15, 0.2) is 0 Å². The Morgan fingerprint density at radius 3 is 2.61 bits per heavy atom. The van der Waals surface area contributed by atoms with Gasteiger partial charge in [-0.05, 0) is 36.8 Å². The van der Waals surface area contributed by atoms with Gasteiger partial charge in [0.25, 0.3) is 5.91 Å². The lowest BCUT2D eigenvalue weighted by molar-refractivity contribution is -0.133. The molecule has 7 heteroatoms. The van der Waals surface area contributed by atoms with Crippen LogP contribution in [0.4, 0.5) is 0 Å². The maximum Gasteiger partial charge on any atom is 0.253 e. The van der Waals surface area contributed by atoms with Crippen molar-refractivity contribution in [1.29, 1.82) is 0 Å². The molecule has 0 spiro atoms. The highest BCUT2D eigenvalue weighted by Gasteiger charge is 2.37. The number of hydrogen-bond acceptors (Lipinski definition) is 4. The van der Waals surface area contributed by atoms with Crippen LogP contribution in [0.2, 0.25) is 5.02 Å². The van der Waals surface area contributed by atoms with Crippen LogP contribution in [0.1, 0.15) is 22.5 Å². The summed E-state index contributed by atoms with van der Waals surface area (Å²) in [6.07, 6.45) is 2.58. The van der Waals surface area contributed by atoms with E-state index in [1.54, 1.807) is 30.5 Å². The molecule has 6 nitrogen and oxygen atoms in total. The number of amides is 2. The highest BCUT2D eigenvalue weighted by Crippen LogP contribution is 2.21. The Morgan fingerprint density at radius 1 is 1.07 bits per heavy atom.